The Morgan fingerprint density at radius 3 is 2.32 bits per heavy atom. The van der Waals surface area contributed by atoms with Crippen molar-refractivity contribution in [1.29, 1.82) is 0 Å². The van der Waals surface area contributed by atoms with Crippen LogP contribution in [0.4, 0.5) is 5.69 Å². The van der Waals surface area contributed by atoms with E-state index in [1.165, 1.54) is 24.3 Å². The quantitative estimate of drug-likeness (QED) is 0.740. The number of carbonyl (C=O) groups is 1. The fourth-order valence-electron chi connectivity index (χ4n) is 2.40. The first-order valence-corrected chi connectivity index (χ1v) is 9.80. The molecule has 0 aromatic heterocycles. The van der Waals surface area contributed by atoms with Gasteiger partial charge in [-0.2, -0.15) is 0 Å². The Bertz CT molecular complexity index is 843. The molecular formula is C19H24N2O3S. The number of benzene rings is 2. The first kappa shape index (κ1) is 19.0. The smallest absolute Gasteiger partial charge is 0.261 e. The Kier molecular flexibility index (Phi) is 6.20. The number of rotatable bonds is 7. The molecule has 5 nitrogen and oxygen atoms in total. The Morgan fingerprint density at radius 1 is 1.04 bits per heavy atom. The molecule has 6 heteroatoms. The normalized spacial score (nSPS) is 11.2. The molecule has 2 N–H and O–H groups in total. The van der Waals surface area contributed by atoms with Crippen LogP contribution in [0.1, 0.15) is 41.3 Å². The fraction of sp³-hybridized carbons (Fsp3) is 0.316. The van der Waals surface area contributed by atoms with Crippen LogP contribution in [-0.4, -0.2) is 20.9 Å². The van der Waals surface area contributed by atoms with Crippen LogP contribution in [0.25, 0.3) is 0 Å². The summed E-state index contributed by atoms with van der Waals surface area (Å²) in [5.74, 6) is -0.195. The van der Waals surface area contributed by atoms with Crippen molar-refractivity contribution >= 4 is 21.6 Å². The summed E-state index contributed by atoms with van der Waals surface area (Å²) in [5.41, 5.74) is 2.92. The molecule has 0 radical (unpaired) electrons. The highest BCUT2D eigenvalue weighted by Crippen LogP contribution is 2.21. The lowest BCUT2D eigenvalue weighted by molar-refractivity contribution is 0.0953. The molecule has 1 amide bonds. The van der Waals surface area contributed by atoms with Gasteiger partial charge in [-0.15, -0.1) is 0 Å². The molecule has 0 aliphatic carbocycles. The molecule has 0 aliphatic rings. The van der Waals surface area contributed by atoms with Gasteiger partial charge in [-0.25, -0.2) is 8.42 Å². The lowest BCUT2D eigenvalue weighted by atomic mass is 10.1. The highest BCUT2D eigenvalue weighted by molar-refractivity contribution is 7.92. The summed E-state index contributed by atoms with van der Waals surface area (Å²) in [7, 11) is -3.69. The van der Waals surface area contributed by atoms with Crippen LogP contribution in [0.15, 0.2) is 47.4 Å². The third-order valence-electron chi connectivity index (χ3n) is 3.87. The molecule has 0 aliphatic heterocycles. The number of anilines is 1. The van der Waals surface area contributed by atoms with Gasteiger partial charge in [-0.1, -0.05) is 31.0 Å². The first-order chi connectivity index (χ1) is 11.8. The van der Waals surface area contributed by atoms with Gasteiger partial charge in [0.25, 0.3) is 15.9 Å². The highest BCUT2D eigenvalue weighted by atomic mass is 32.2. The molecule has 2 aromatic rings. The van der Waals surface area contributed by atoms with E-state index in [1.807, 2.05) is 26.0 Å². The van der Waals surface area contributed by atoms with Crippen LogP contribution < -0.4 is 10.0 Å². The molecule has 0 saturated heterocycles. The van der Waals surface area contributed by atoms with E-state index in [0.29, 0.717) is 17.8 Å². The summed E-state index contributed by atoms with van der Waals surface area (Å²) in [5, 5.41) is 2.81. The molecule has 0 saturated carbocycles. The van der Waals surface area contributed by atoms with Crippen molar-refractivity contribution in [3.05, 3.63) is 59.2 Å². The van der Waals surface area contributed by atoms with Gasteiger partial charge in [0.1, 0.15) is 0 Å². The van der Waals surface area contributed by atoms with Crippen molar-refractivity contribution in [3.63, 3.8) is 0 Å². The number of amides is 1. The van der Waals surface area contributed by atoms with Crippen LogP contribution >= 0.6 is 0 Å². The maximum Gasteiger partial charge on any atom is 0.261 e. The van der Waals surface area contributed by atoms with E-state index < -0.39 is 10.0 Å². The minimum atomic E-state index is -3.69. The van der Waals surface area contributed by atoms with E-state index >= 15 is 0 Å². The minimum absolute atomic E-state index is 0.123. The van der Waals surface area contributed by atoms with E-state index in [-0.39, 0.29) is 10.8 Å². The zero-order chi connectivity index (χ0) is 18.4. The second kappa shape index (κ2) is 8.16. The second-order valence-corrected chi connectivity index (χ2v) is 7.74. The van der Waals surface area contributed by atoms with E-state index in [4.69, 9.17) is 0 Å². The molecule has 0 fully saturated rings. The zero-order valence-corrected chi connectivity index (χ0v) is 15.6. The minimum Gasteiger partial charge on any atom is -0.352 e. The third-order valence-corrected chi connectivity index (χ3v) is 5.25. The average Bonchev–Trinajstić information content (AvgIpc) is 2.57. The number of sulfonamides is 1. The third kappa shape index (κ3) is 5.06. The van der Waals surface area contributed by atoms with Crippen molar-refractivity contribution in [2.45, 2.75) is 38.5 Å². The van der Waals surface area contributed by atoms with Gasteiger partial charge in [-0.05, 0) is 56.2 Å². The first-order valence-electron chi connectivity index (χ1n) is 8.32. The largest absolute Gasteiger partial charge is 0.352 e. The SMILES string of the molecule is CCCCNC(=O)c1ccc(S(=O)(=O)Nc2ccc(C)cc2C)cc1. The molecule has 2 rings (SSSR count). The lowest BCUT2D eigenvalue weighted by Crippen LogP contribution is -2.24. The Balaban J connectivity index is 2.13. The Labute approximate surface area is 149 Å². The number of carbonyl (C=O) groups excluding carboxylic acids is 1. The van der Waals surface area contributed by atoms with E-state index in [0.717, 1.165) is 24.0 Å². The van der Waals surface area contributed by atoms with Crippen LogP contribution in [0, 0.1) is 13.8 Å². The summed E-state index contributed by atoms with van der Waals surface area (Å²) in [6.07, 6.45) is 1.92. The fourth-order valence-corrected chi connectivity index (χ4v) is 3.53. The molecule has 25 heavy (non-hydrogen) atoms. The highest BCUT2D eigenvalue weighted by Gasteiger charge is 2.16. The van der Waals surface area contributed by atoms with E-state index in [1.54, 1.807) is 6.07 Å². The van der Waals surface area contributed by atoms with Crippen LogP contribution in [0.5, 0.6) is 0 Å². The van der Waals surface area contributed by atoms with Crippen LogP contribution in [0.2, 0.25) is 0 Å². The molecule has 0 spiro atoms. The van der Waals surface area contributed by atoms with E-state index in [9.17, 15) is 13.2 Å². The molecule has 0 unspecified atom stereocenters. The zero-order valence-electron chi connectivity index (χ0n) is 14.8. The lowest BCUT2D eigenvalue weighted by Gasteiger charge is -2.11. The van der Waals surface area contributed by atoms with Gasteiger partial charge in [0.2, 0.25) is 0 Å². The number of aryl methyl sites for hydroxylation is 2. The Hall–Kier alpha value is -2.34. The van der Waals surface area contributed by atoms with Gasteiger partial charge in [-0.3, -0.25) is 9.52 Å². The summed E-state index contributed by atoms with van der Waals surface area (Å²) in [6, 6.07) is 11.5. The predicted molar refractivity (Wildman–Crippen MR) is 100 cm³/mol. The summed E-state index contributed by atoms with van der Waals surface area (Å²) < 4.78 is 27.6. The molecule has 0 heterocycles. The van der Waals surface area contributed by atoms with Crippen LogP contribution in [0.3, 0.4) is 0 Å². The molecule has 0 atom stereocenters. The summed E-state index contributed by atoms with van der Waals surface area (Å²) >= 11 is 0. The molecule has 0 bridgehead atoms. The van der Waals surface area contributed by atoms with Gasteiger partial charge >= 0.3 is 0 Å². The predicted octanol–water partition coefficient (Wildman–Crippen LogP) is 3.63. The second-order valence-electron chi connectivity index (χ2n) is 6.06. The van der Waals surface area contributed by atoms with Crippen molar-refractivity contribution in [2.75, 3.05) is 11.3 Å². The van der Waals surface area contributed by atoms with Gasteiger partial charge in [0.15, 0.2) is 0 Å². The van der Waals surface area contributed by atoms with Crippen molar-refractivity contribution in [2.24, 2.45) is 0 Å². The molecule has 134 valence electrons. The number of unbranched alkanes of at least 4 members (excludes halogenated alkanes) is 1. The average molecular weight is 360 g/mol. The van der Waals surface area contributed by atoms with Gasteiger partial charge in [0, 0.05) is 12.1 Å². The number of nitrogens with one attached hydrogen (secondary N) is 2. The summed E-state index contributed by atoms with van der Waals surface area (Å²) in [6.45, 7) is 6.47. The number of hydrogen-bond donors (Lipinski definition) is 2. The van der Waals surface area contributed by atoms with Gasteiger partial charge < -0.3 is 5.32 Å². The van der Waals surface area contributed by atoms with Gasteiger partial charge in [0.05, 0.1) is 10.6 Å². The van der Waals surface area contributed by atoms with Crippen molar-refractivity contribution in [3.8, 4) is 0 Å². The Morgan fingerprint density at radius 2 is 1.72 bits per heavy atom. The van der Waals surface area contributed by atoms with E-state index in [2.05, 4.69) is 17.0 Å². The molecule has 2 aromatic carbocycles. The van der Waals surface area contributed by atoms with Crippen molar-refractivity contribution in [1.82, 2.24) is 5.32 Å². The maximum atomic E-state index is 12.5. The monoisotopic (exact) mass is 360 g/mol. The molecular weight excluding hydrogens is 336 g/mol. The summed E-state index contributed by atoms with van der Waals surface area (Å²) in [4.78, 5) is 12.1. The number of hydrogen-bond acceptors (Lipinski definition) is 3. The topological polar surface area (TPSA) is 75.3 Å². The van der Waals surface area contributed by atoms with Crippen molar-refractivity contribution < 1.29 is 13.2 Å². The van der Waals surface area contributed by atoms with Crippen LogP contribution in [-0.2, 0) is 10.0 Å². The standard InChI is InChI=1S/C19H24N2O3S/c1-4-5-12-20-19(22)16-7-9-17(10-8-16)25(23,24)21-18-11-6-14(2)13-15(18)3/h6-11,13,21H,4-5,12H2,1-3H3,(H,20,22). The maximum absolute atomic E-state index is 12.5.